The number of nitrogens with one attached hydrogen (secondary N) is 1. The molecule has 4 nitrogen and oxygen atoms in total. The monoisotopic (exact) mass is 233 g/mol. The van der Waals surface area contributed by atoms with Crippen molar-refractivity contribution < 1.29 is 14.3 Å². The van der Waals surface area contributed by atoms with Crippen molar-refractivity contribution in [3.05, 3.63) is 35.6 Å². The van der Waals surface area contributed by atoms with Crippen LogP contribution in [0, 0.1) is 6.92 Å². The molecular formula is C13H15NO3. The van der Waals surface area contributed by atoms with Crippen molar-refractivity contribution in [3.63, 3.8) is 0 Å². The van der Waals surface area contributed by atoms with E-state index in [2.05, 4.69) is 5.32 Å². The molecule has 2 rings (SSSR count). The van der Waals surface area contributed by atoms with Crippen molar-refractivity contribution in [1.29, 1.82) is 0 Å². The maximum absolute atomic E-state index is 11.8. The molecule has 0 unspecified atom stereocenters. The Labute approximate surface area is 99.2 Å². The second-order valence-corrected chi connectivity index (χ2v) is 4.21. The van der Waals surface area contributed by atoms with E-state index in [1.807, 2.05) is 25.1 Å². The molecule has 0 aliphatic carbocycles. The second-order valence-electron chi connectivity index (χ2n) is 4.21. The van der Waals surface area contributed by atoms with E-state index in [0.29, 0.717) is 5.58 Å². The third kappa shape index (κ3) is 2.47. The lowest BCUT2D eigenvalue weighted by atomic mass is 10.2. The average molecular weight is 233 g/mol. The third-order valence-corrected chi connectivity index (χ3v) is 2.55. The number of fused-ring (bicyclic) bond motifs is 1. The first-order chi connectivity index (χ1) is 8.10. The van der Waals surface area contributed by atoms with Crippen LogP contribution in [0.2, 0.25) is 0 Å². The highest BCUT2D eigenvalue weighted by Gasteiger charge is 2.14. The first-order valence-corrected chi connectivity index (χ1v) is 5.52. The normalized spacial score (nSPS) is 12.6. The Hall–Kier alpha value is -1.81. The second kappa shape index (κ2) is 4.59. The van der Waals surface area contributed by atoms with Crippen molar-refractivity contribution in [3.8, 4) is 0 Å². The predicted octanol–water partition coefficient (Wildman–Crippen LogP) is 1.85. The SMILES string of the molecule is Cc1ccc2oc(C(=O)N[C@@H](C)CO)cc2c1. The minimum atomic E-state index is -0.305. The maximum Gasteiger partial charge on any atom is 0.287 e. The summed E-state index contributed by atoms with van der Waals surface area (Å²) in [5.41, 5.74) is 1.81. The van der Waals surface area contributed by atoms with Crippen LogP contribution in [0.15, 0.2) is 28.7 Å². The van der Waals surface area contributed by atoms with Crippen LogP contribution in [-0.4, -0.2) is 23.7 Å². The highest BCUT2D eigenvalue weighted by atomic mass is 16.3. The Bertz CT molecular complexity index is 545. The van der Waals surface area contributed by atoms with E-state index in [0.717, 1.165) is 10.9 Å². The summed E-state index contributed by atoms with van der Waals surface area (Å²) in [4.78, 5) is 11.8. The Balaban J connectivity index is 2.27. The molecule has 0 bridgehead atoms. The Morgan fingerprint density at radius 2 is 2.24 bits per heavy atom. The number of amides is 1. The summed E-state index contributed by atoms with van der Waals surface area (Å²) >= 11 is 0. The van der Waals surface area contributed by atoms with E-state index in [9.17, 15) is 4.79 Å². The first kappa shape index (κ1) is 11.7. The largest absolute Gasteiger partial charge is 0.451 e. The zero-order chi connectivity index (χ0) is 12.4. The molecule has 0 aliphatic heterocycles. The lowest BCUT2D eigenvalue weighted by Gasteiger charge is -2.08. The zero-order valence-corrected chi connectivity index (χ0v) is 9.86. The summed E-state index contributed by atoms with van der Waals surface area (Å²) in [6.07, 6.45) is 0. The minimum absolute atomic E-state index is 0.0922. The summed E-state index contributed by atoms with van der Waals surface area (Å²) in [6, 6.07) is 7.17. The minimum Gasteiger partial charge on any atom is -0.451 e. The molecule has 1 amide bonds. The van der Waals surface area contributed by atoms with Gasteiger partial charge in [0.05, 0.1) is 6.61 Å². The lowest BCUT2D eigenvalue weighted by Crippen LogP contribution is -2.34. The Morgan fingerprint density at radius 3 is 2.94 bits per heavy atom. The number of carbonyl (C=O) groups excluding carboxylic acids is 1. The third-order valence-electron chi connectivity index (χ3n) is 2.55. The van der Waals surface area contributed by atoms with Gasteiger partial charge in [-0.05, 0) is 32.0 Å². The molecule has 0 saturated heterocycles. The van der Waals surface area contributed by atoms with Gasteiger partial charge >= 0.3 is 0 Å². The summed E-state index contributed by atoms with van der Waals surface area (Å²) in [7, 11) is 0. The molecule has 0 fully saturated rings. The van der Waals surface area contributed by atoms with E-state index < -0.39 is 0 Å². The molecule has 0 radical (unpaired) electrons. The van der Waals surface area contributed by atoms with Gasteiger partial charge in [0, 0.05) is 11.4 Å². The fraction of sp³-hybridized carbons (Fsp3) is 0.308. The maximum atomic E-state index is 11.8. The summed E-state index contributed by atoms with van der Waals surface area (Å²) in [6.45, 7) is 3.62. The zero-order valence-electron chi connectivity index (χ0n) is 9.86. The van der Waals surface area contributed by atoms with Gasteiger partial charge in [0.2, 0.25) is 0 Å². The van der Waals surface area contributed by atoms with Crippen LogP contribution in [0.4, 0.5) is 0 Å². The van der Waals surface area contributed by atoms with E-state index >= 15 is 0 Å². The fourth-order valence-corrected chi connectivity index (χ4v) is 1.62. The summed E-state index contributed by atoms with van der Waals surface area (Å²) < 4.78 is 5.44. The predicted molar refractivity (Wildman–Crippen MR) is 65.0 cm³/mol. The van der Waals surface area contributed by atoms with Crippen LogP contribution in [0.25, 0.3) is 11.0 Å². The Morgan fingerprint density at radius 1 is 1.47 bits per heavy atom. The molecule has 1 heterocycles. The quantitative estimate of drug-likeness (QED) is 0.850. The molecular weight excluding hydrogens is 218 g/mol. The van der Waals surface area contributed by atoms with Crippen LogP contribution in [0.3, 0.4) is 0 Å². The topological polar surface area (TPSA) is 62.5 Å². The van der Waals surface area contributed by atoms with Gasteiger partial charge in [-0.1, -0.05) is 11.6 Å². The van der Waals surface area contributed by atoms with Crippen LogP contribution in [0.1, 0.15) is 23.0 Å². The van der Waals surface area contributed by atoms with Crippen LogP contribution < -0.4 is 5.32 Å². The van der Waals surface area contributed by atoms with Gasteiger partial charge in [-0.3, -0.25) is 4.79 Å². The van der Waals surface area contributed by atoms with Crippen LogP contribution >= 0.6 is 0 Å². The van der Waals surface area contributed by atoms with E-state index in [1.54, 1.807) is 13.0 Å². The molecule has 17 heavy (non-hydrogen) atoms. The molecule has 2 aromatic rings. The smallest absolute Gasteiger partial charge is 0.287 e. The van der Waals surface area contributed by atoms with Crippen molar-refractivity contribution in [2.24, 2.45) is 0 Å². The van der Waals surface area contributed by atoms with Crippen LogP contribution in [-0.2, 0) is 0 Å². The summed E-state index contributed by atoms with van der Waals surface area (Å²) in [5.74, 6) is -0.0358. The number of aliphatic hydroxyl groups excluding tert-OH is 1. The molecule has 90 valence electrons. The number of furan rings is 1. The number of benzene rings is 1. The number of hydrogen-bond donors (Lipinski definition) is 2. The van der Waals surface area contributed by atoms with Crippen molar-refractivity contribution in [2.45, 2.75) is 19.9 Å². The molecule has 1 aromatic heterocycles. The Kier molecular flexibility index (Phi) is 3.15. The van der Waals surface area contributed by atoms with E-state index in [1.165, 1.54) is 0 Å². The molecule has 0 saturated carbocycles. The highest BCUT2D eigenvalue weighted by molar-refractivity contribution is 5.96. The highest BCUT2D eigenvalue weighted by Crippen LogP contribution is 2.20. The molecule has 0 aliphatic rings. The number of aliphatic hydroxyl groups is 1. The van der Waals surface area contributed by atoms with Crippen molar-refractivity contribution in [1.82, 2.24) is 5.32 Å². The van der Waals surface area contributed by atoms with Gasteiger partial charge in [-0.25, -0.2) is 0 Å². The van der Waals surface area contributed by atoms with Gasteiger partial charge in [-0.15, -0.1) is 0 Å². The van der Waals surface area contributed by atoms with Gasteiger partial charge in [-0.2, -0.15) is 0 Å². The number of carbonyl (C=O) groups is 1. The average Bonchev–Trinajstić information content (AvgIpc) is 2.71. The van der Waals surface area contributed by atoms with Crippen LogP contribution in [0.5, 0.6) is 0 Å². The lowest BCUT2D eigenvalue weighted by molar-refractivity contribution is 0.0896. The first-order valence-electron chi connectivity index (χ1n) is 5.52. The molecule has 4 heteroatoms. The molecule has 0 spiro atoms. The molecule has 1 atom stereocenters. The van der Waals surface area contributed by atoms with Crippen molar-refractivity contribution >= 4 is 16.9 Å². The molecule has 2 N–H and O–H groups in total. The standard InChI is InChI=1S/C13H15NO3/c1-8-3-4-11-10(5-8)6-12(17-11)13(16)14-9(2)7-15/h3-6,9,15H,7H2,1-2H3,(H,14,16)/t9-/m0/s1. The van der Waals surface area contributed by atoms with E-state index in [-0.39, 0.29) is 24.3 Å². The van der Waals surface area contributed by atoms with Gasteiger partial charge in [0.1, 0.15) is 5.58 Å². The fourth-order valence-electron chi connectivity index (χ4n) is 1.62. The van der Waals surface area contributed by atoms with Gasteiger partial charge < -0.3 is 14.8 Å². The van der Waals surface area contributed by atoms with Crippen molar-refractivity contribution in [2.75, 3.05) is 6.61 Å². The van der Waals surface area contributed by atoms with Gasteiger partial charge in [0.25, 0.3) is 5.91 Å². The molecule has 1 aromatic carbocycles. The number of hydrogen-bond acceptors (Lipinski definition) is 3. The number of aryl methyl sites for hydroxylation is 1. The number of rotatable bonds is 3. The van der Waals surface area contributed by atoms with E-state index in [4.69, 9.17) is 9.52 Å². The van der Waals surface area contributed by atoms with Gasteiger partial charge in [0.15, 0.2) is 5.76 Å². The summed E-state index contributed by atoms with van der Waals surface area (Å²) in [5, 5.41) is 12.4.